The molecule has 118 valence electrons. The number of hydrogen-bond donors (Lipinski definition) is 0. The maximum atomic E-state index is 5.92. The number of aryl methyl sites for hydroxylation is 2. The number of fused-ring (bicyclic) bond motifs is 3. The lowest BCUT2D eigenvalue weighted by Crippen LogP contribution is -2.01. The number of unbranched alkanes of at least 4 members (excludes halogenated alkanes) is 4. The maximum Gasteiger partial charge on any atom is 0.137 e. The summed E-state index contributed by atoms with van der Waals surface area (Å²) in [5, 5.41) is 8.24. The molecule has 0 unspecified atom stereocenters. The molecule has 0 spiro atoms. The molecule has 1 aromatic carbocycles. The van der Waals surface area contributed by atoms with Gasteiger partial charge in [0.15, 0.2) is 0 Å². The van der Waals surface area contributed by atoms with Crippen LogP contribution in [0.4, 0.5) is 0 Å². The number of nitrogens with zero attached hydrogens (tertiary/aromatic N) is 3. The van der Waals surface area contributed by atoms with Crippen LogP contribution in [0.1, 0.15) is 56.8 Å². The van der Waals surface area contributed by atoms with E-state index in [1.54, 1.807) is 0 Å². The van der Waals surface area contributed by atoms with Crippen LogP contribution in [0, 0.1) is 0 Å². The SMILES string of the molecule is CCCCCCCOc1ccc2c(c1)CCCc1nncn1-2. The quantitative estimate of drug-likeness (QED) is 0.722. The predicted octanol–water partition coefficient (Wildman–Crippen LogP) is 4.11. The van der Waals surface area contributed by atoms with E-state index in [4.69, 9.17) is 4.74 Å². The van der Waals surface area contributed by atoms with E-state index in [1.807, 2.05) is 6.33 Å². The van der Waals surface area contributed by atoms with Gasteiger partial charge in [0.1, 0.15) is 17.9 Å². The largest absolute Gasteiger partial charge is 0.494 e. The van der Waals surface area contributed by atoms with Crippen molar-refractivity contribution in [3.63, 3.8) is 0 Å². The zero-order chi connectivity index (χ0) is 15.2. The minimum atomic E-state index is 0.820. The molecule has 0 amide bonds. The van der Waals surface area contributed by atoms with Gasteiger partial charge in [0.25, 0.3) is 0 Å². The third kappa shape index (κ3) is 3.49. The average Bonchev–Trinajstić information content (AvgIpc) is 2.93. The first-order valence-corrected chi connectivity index (χ1v) is 8.53. The van der Waals surface area contributed by atoms with Crippen LogP contribution in [-0.4, -0.2) is 21.4 Å². The topological polar surface area (TPSA) is 39.9 Å². The lowest BCUT2D eigenvalue weighted by atomic mass is 10.1. The summed E-state index contributed by atoms with van der Waals surface area (Å²) < 4.78 is 8.03. The first kappa shape index (κ1) is 15.1. The van der Waals surface area contributed by atoms with E-state index in [0.717, 1.165) is 43.9 Å². The zero-order valence-corrected chi connectivity index (χ0v) is 13.4. The van der Waals surface area contributed by atoms with Gasteiger partial charge < -0.3 is 4.74 Å². The monoisotopic (exact) mass is 299 g/mol. The lowest BCUT2D eigenvalue weighted by Gasteiger charge is -2.11. The Morgan fingerprint density at radius 3 is 2.95 bits per heavy atom. The summed E-state index contributed by atoms with van der Waals surface area (Å²) in [4.78, 5) is 0. The van der Waals surface area contributed by atoms with Crippen molar-refractivity contribution in [2.75, 3.05) is 6.61 Å². The molecule has 0 bridgehead atoms. The molecular formula is C18H25N3O. The van der Waals surface area contributed by atoms with E-state index in [2.05, 4.69) is 39.9 Å². The van der Waals surface area contributed by atoms with Gasteiger partial charge in [-0.1, -0.05) is 32.6 Å². The average molecular weight is 299 g/mol. The molecule has 22 heavy (non-hydrogen) atoms. The van der Waals surface area contributed by atoms with Crippen LogP contribution in [0.5, 0.6) is 5.75 Å². The Hall–Kier alpha value is -1.84. The van der Waals surface area contributed by atoms with Crippen LogP contribution in [0.15, 0.2) is 24.5 Å². The second-order valence-electron chi connectivity index (χ2n) is 6.02. The van der Waals surface area contributed by atoms with E-state index in [0.29, 0.717) is 0 Å². The molecule has 0 N–H and O–H groups in total. The van der Waals surface area contributed by atoms with Crippen molar-refractivity contribution in [1.82, 2.24) is 14.8 Å². The van der Waals surface area contributed by atoms with E-state index in [-0.39, 0.29) is 0 Å². The third-order valence-corrected chi connectivity index (χ3v) is 4.29. The Labute approximate surface area is 132 Å². The van der Waals surface area contributed by atoms with Crippen molar-refractivity contribution < 1.29 is 4.74 Å². The van der Waals surface area contributed by atoms with Crippen molar-refractivity contribution in [2.24, 2.45) is 0 Å². The molecule has 0 radical (unpaired) electrons. The molecule has 2 heterocycles. The van der Waals surface area contributed by atoms with Crippen LogP contribution in [-0.2, 0) is 12.8 Å². The Balaban J connectivity index is 1.61. The number of hydrogen-bond acceptors (Lipinski definition) is 3. The predicted molar refractivity (Wildman–Crippen MR) is 87.6 cm³/mol. The summed E-state index contributed by atoms with van der Waals surface area (Å²) in [6.07, 6.45) is 11.3. The summed E-state index contributed by atoms with van der Waals surface area (Å²) in [7, 11) is 0. The van der Waals surface area contributed by atoms with E-state index in [9.17, 15) is 0 Å². The summed E-state index contributed by atoms with van der Waals surface area (Å²) in [6, 6.07) is 6.40. The van der Waals surface area contributed by atoms with Gasteiger partial charge in [0.2, 0.25) is 0 Å². The van der Waals surface area contributed by atoms with Gasteiger partial charge in [-0.25, -0.2) is 0 Å². The number of benzene rings is 1. The highest BCUT2D eigenvalue weighted by molar-refractivity contribution is 5.47. The minimum absolute atomic E-state index is 0.820. The molecule has 2 aromatic rings. The second kappa shape index (κ2) is 7.43. The molecule has 3 rings (SSSR count). The van der Waals surface area contributed by atoms with Gasteiger partial charge >= 0.3 is 0 Å². The van der Waals surface area contributed by atoms with Crippen molar-refractivity contribution in [1.29, 1.82) is 0 Å². The van der Waals surface area contributed by atoms with E-state index < -0.39 is 0 Å². The summed E-state index contributed by atoms with van der Waals surface area (Å²) in [5.41, 5.74) is 2.54. The van der Waals surface area contributed by atoms with Crippen molar-refractivity contribution in [3.05, 3.63) is 35.9 Å². The fourth-order valence-electron chi connectivity index (χ4n) is 3.05. The summed E-state index contributed by atoms with van der Waals surface area (Å²) in [5.74, 6) is 2.05. The number of ether oxygens (including phenoxy) is 1. The Bertz CT molecular complexity index is 606. The van der Waals surface area contributed by atoms with Crippen LogP contribution < -0.4 is 4.74 Å². The highest BCUT2D eigenvalue weighted by Gasteiger charge is 2.15. The van der Waals surface area contributed by atoms with Gasteiger partial charge in [-0.3, -0.25) is 4.57 Å². The highest BCUT2D eigenvalue weighted by Crippen LogP contribution is 2.26. The first-order chi connectivity index (χ1) is 10.9. The van der Waals surface area contributed by atoms with E-state index >= 15 is 0 Å². The molecule has 0 aliphatic carbocycles. The Kier molecular flexibility index (Phi) is 5.09. The molecule has 1 aromatic heterocycles. The van der Waals surface area contributed by atoms with Gasteiger partial charge in [-0.2, -0.15) is 0 Å². The smallest absolute Gasteiger partial charge is 0.137 e. The molecule has 4 nitrogen and oxygen atoms in total. The molecule has 1 aliphatic heterocycles. The highest BCUT2D eigenvalue weighted by atomic mass is 16.5. The number of aromatic nitrogens is 3. The zero-order valence-electron chi connectivity index (χ0n) is 13.4. The molecule has 0 fully saturated rings. The van der Waals surface area contributed by atoms with E-state index in [1.165, 1.54) is 36.9 Å². The fraction of sp³-hybridized carbons (Fsp3) is 0.556. The standard InChI is InChI=1S/C18H25N3O/c1-2-3-4-5-6-12-22-16-10-11-17-15(13-16)8-7-9-18-20-19-14-21(17)18/h10-11,13-14H,2-9,12H2,1H3. The molecule has 1 aliphatic rings. The summed E-state index contributed by atoms with van der Waals surface area (Å²) >= 11 is 0. The van der Waals surface area contributed by atoms with Crippen LogP contribution in [0.3, 0.4) is 0 Å². The molecular weight excluding hydrogens is 274 g/mol. The third-order valence-electron chi connectivity index (χ3n) is 4.29. The Morgan fingerprint density at radius 1 is 1.14 bits per heavy atom. The van der Waals surface area contributed by atoms with Crippen molar-refractivity contribution in [2.45, 2.75) is 58.3 Å². The van der Waals surface area contributed by atoms with Gasteiger partial charge in [0.05, 0.1) is 12.3 Å². The number of rotatable bonds is 7. The maximum absolute atomic E-state index is 5.92. The molecule has 0 saturated heterocycles. The molecule has 4 heteroatoms. The normalized spacial score (nSPS) is 13.3. The Morgan fingerprint density at radius 2 is 2.05 bits per heavy atom. The molecule has 0 saturated carbocycles. The van der Waals surface area contributed by atoms with Gasteiger partial charge in [-0.15, -0.1) is 10.2 Å². The van der Waals surface area contributed by atoms with Crippen LogP contribution in [0.2, 0.25) is 0 Å². The van der Waals surface area contributed by atoms with Crippen LogP contribution in [0.25, 0.3) is 5.69 Å². The first-order valence-electron chi connectivity index (χ1n) is 8.53. The van der Waals surface area contributed by atoms with Gasteiger partial charge in [0, 0.05) is 6.42 Å². The fourth-order valence-corrected chi connectivity index (χ4v) is 3.05. The summed E-state index contributed by atoms with van der Waals surface area (Å²) in [6.45, 7) is 3.06. The van der Waals surface area contributed by atoms with Crippen LogP contribution >= 0.6 is 0 Å². The minimum Gasteiger partial charge on any atom is -0.494 e. The van der Waals surface area contributed by atoms with Crippen molar-refractivity contribution in [3.8, 4) is 11.4 Å². The molecule has 0 atom stereocenters. The second-order valence-corrected chi connectivity index (χ2v) is 6.02. The van der Waals surface area contributed by atoms with Gasteiger partial charge in [-0.05, 0) is 43.0 Å². The van der Waals surface area contributed by atoms with Crippen molar-refractivity contribution >= 4 is 0 Å². The lowest BCUT2D eigenvalue weighted by molar-refractivity contribution is 0.304.